The second kappa shape index (κ2) is 5.67. The maximum atomic E-state index is 6.02. The van der Waals surface area contributed by atoms with Crippen molar-refractivity contribution in [1.82, 2.24) is 5.43 Å². The Kier molecular flexibility index (Phi) is 4.15. The maximum Gasteiger partial charge on any atom is 0.0939 e. The standard InChI is InChI=1S/C13H24N2O2S/c14-15-12(11-2-6-18-8-11)10-1-4-17-13(7-10)3-5-16-9-13/h10-12,15H,1-9,14H2. The lowest BCUT2D eigenvalue weighted by atomic mass is 9.77. The molecule has 3 aliphatic rings. The maximum absolute atomic E-state index is 6.02. The Morgan fingerprint density at radius 2 is 2.22 bits per heavy atom. The van der Waals surface area contributed by atoms with E-state index in [9.17, 15) is 0 Å². The minimum Gasteiger partial charge on any atom is -0.378 e. The van der Waals surface area contributed by atoms with E-state index in [4.69, 9.17) is 15.3 Å². The molecule has 5 heteroatoms. The largest absolute Gasteiger partial charge is 0.378 e. The number of hydrogen-bond acceptors (Lipinski definition) is 5. The molecule has 104 valence electrons. The van der Waals surface area contributed by atoms with Gasteiger partial charge in [-0.25, -0.2) is 0 Å². The zero-order valence-corrected chi connectivity index (χ0v) is 11.7. The second-order valence-electron chi connectivity index (χ2n) is 5.90. The molecule has 0 bridgehead atoms. The van der Waals surface area contributed by atoms with Crippen molar-refractivity contribution in [3.8, 4) is 0 Å². The third-order valence-electron chi connectivity index (χ3n) is 4.77. The Balaban J connectivity index is 1.66. The normalized spacial score (nSPS) is 42.5. The van der Waals surface area contributed by atoms with Crippen molar-refractivity contribution in [1.29, 1.82) is 0 Å². The summed E-state index contributed by atoms with van der Waals surface area (Å²) in [5.41, 5.74) is 3.11. The van der Waals surface area contributed by atoms with Crippen molar-refractivity contribution >= 4 is 11.8 Å². The Morgan fingerprint density at radius 1 is 1.28 bits per heavy atom. The van der Waals surface area contributed by atoms with Crippen molar-refractivity contribution < 1.29 is 9.47 Å². The van der Waals surface area contributed by atoms with E-state index in [0.717, 1.165) is 45.0 Å². The van der Waals surface area contributed by atoms with E-state index in [2.05, 4.69) is 17.2 Å². The molecule has 0 aromatic carbocycles. The Hall–Kier alpha value is 0.190. The summed E-state index contributed by atoms with van der Waals surface area (Å²) in [4.78, 5) is 0. The predicted molar refractivity (Wildman–Crippen MR) is 73.4 cm³/mol. The molecule has 0 amide bonds. The van der Waals surface area contributed by atoms with Crippen LogP contribution in [0.5, 0.6) is 0 Å². The lowest BCUT2D eigenvalue weighted by Crippen LogP contribution is -2.52. The molecule has 3 N–H and O–H groups in total. The number of nitrogens with one attached hydrogen (secondary N) is 1. The minimum absolute atomic E-state index is 0.00373. The van der Waals surface area contributed by atoms with Crippen LogP contribution in [0.2, 0.25) is 0 Å². The highest BCUT2D eigenvalue weighted by Gasteiger charge is 2.44. The van der Waals surface area contributed by atoms with Crippen LogP contribution < -0.4 is 11.3 Å². The third-order valence-corrected chi connectivity index (χ3v) is 5.96. The SMILES string of the molecule is NNC(C1CCSC1)C1CCOC2(CCOC2)C1. The fourth-order valence-corrected chi connectivity index (χ4v) is 5.04. The monoisotopic (exact) mass is 272 g/mol. The first-order valence-electron chi connectivity index (χ1n) is 7.09. The molecule has 0 saturated carbocycles. The molecule has 3 aliphatic heterocycles. The van der Waals surface area contributed by atoms with E-state index in [1.165, 1.54) is 17.9 Å². The van der Waals surface area contributed by atoms with Crippen LogP contribution >= 0.6 is 11.8 Å². The molecule has 18 heavy (non-hydrogen) atoms. The fraction of sp³-hybridized carbons (Fsp3) is 1.00. The first kappa shape index (κ1) is 13.2. The lowest BCUT2D eigenvalue weighted by Gasteiger charge is -2.41. The van der Waals surface area contributed by atoms with Crippen LogP contribution in [0.15, 0.2) is 0 Å². The van der Waals surface area contributed by atoms with Gasteiger partial charge >= 0.3 is 0 Å². The predicted octanol–water partition coefficient (Wildman–Crippen LogP) is 1.16. The smallest absolute Gasteiger partial charge is 0.0939 e. The first-order chi connectivity index (χ1) is 8.83. The summed E-state index contributed by atoms with van der Waals surface area (Å²) < 4.78 is 11.6. The quantitative estimate of drug-likeness (QED) is 0.596. The highest BCUT2D eigenvalue weighted by Crippen LogP contribution is 2.40. The van der Waals surface area contributed by atoms with Crippen LogP contribution in [0.4, 0.5) is 0 Å². The summed E-state index contributed by atoms with van der Waals surface area (Å²) in [6, 6.07) is 0.460. The van der Waals surface area contributed by atoms with Crippen LogP contribution in [0, 0.1) is 11.8 Å². The van der Waals surface area contributed by atoms with E-state index in [0.29, 0.717) is 12.0 Å². The number of thioether (sulfide) groups is 1. The molecular formula is C13H24N2O2S. The molecule has 0 aromatic heterocycles. The van der Waals surface area contributed by atoms with Crippen LogP contribution in [0.3, 0.4) is 0 Å². The third kappa shape index (κ3) is 2.56. The van der Waals surface area contributed by atoms with Crippen LogP contribution in [-0.2, 0) is 9.47 Å². The summed E-state index contributed by atoms with van der Waals surface area (Å²) in [5.74, 6) is 9.78. The van der Waals surface area contributed by atoms with Gasteiger partial charge in [-0.3, -0.25) is 11.3 Å². The van der Waals surface area contributed by atoms with Crippen molar-refractivity contribution in [2.45, 2.75) is 37.3 Å². The lowest BCUT2D eigenvalue weighted by molar-refractivity contribution is -0.105. The molecule has 4 atom stereocenters. The van der Waals surface area contributed by atoms with Gasteiger partial charge in [-0.2, -0.15) is 11.8 Å². The van der Waals surface area contributed by atoms with E-state index >= 15 is 0 Å². The molecule has 3 heterocycles. The molecule has 0 aliphatic carbocycles. The molecule has 0 aromatic rings. The van der Waals surface area contributed by atoms with Gasteiger partial charge in [0.05, 0.1) is 12.2 Å². The Morgan fingerprint density at radius 3 is 2.89 bits per heavy atom. The second-order valence-corrected chi connectivity index (χ2v) is 7.05. The van der Waals surface area contributed by atoms with Crippen LogP contribution in [0.25, 0.3) is 0 Å². The summed E-state index contributed by atoms with van der Waals surface area (Å²) in [7, 11) is 0. The van der Waals surface area contributed by atoms with Gasteiger partial charge < -0.3 is 9.47 Å². The summed E-state index contributed by atoms with van der Waals surface area (Å²) in [6.07, 6.45) is 4.61. The molecule has 4 unspecified atom stereocenters. The number of hydrogen-bond donors (Lipinski definition) is 2. The average molecular weight is 272 g/mol. The average Bonchev–Trinajstić information content (AvgIpc) is 3.03. The van der Waals surface area contributed by atoms with Crippen molar-refractivity contribution in [2.75, 3.05) is 31.3 Å². The van der Waals surface area contributed by atoms with Gasteiger partial charge in [0.2, 0.25) is 0 Å². The van der Waals surface area contributed by atoms with Gasteiger partial charge in [0.1, 0.15) is 0 Å². The molecular weight excluding hydrogens is 248 g/mol. The van der Waals surface area contributed by atoms with Crippen molar-refractivity contribution in [2.24, 2.45) is 17.7 Å². The molecule has 3 rings (SSSR count). The summed E-state index contributed by atoms with van der Waals surface area (Å²) in [6.45, 7) is 2.50. The molecule has 3 fully saturated rings. The van der Waals surface area contributed by atoms with Crippen LogP contribution in [-0.4, -0.2) is 43.0 Å². The molecule has 0 radical (unpaired) electrons. The van der Waals surface area contributed by atoms with Gasteiger partial charge in [-0.15, -0.1) is 0 Å². The fourth-order valence-electron chi connectivity index (χ4n) is 3.73. The van der Waals surface area contributed by atoms with Gasteiger partial charge in [0, 0.05) is 25.7 Å². The highest BCUT2D eigenvalue weighted by atomic mass is 32.2. The summed E-state index contributed by atoms with van der Waals surface area (Å²) >= 11 is 2.06. The Bertz CT molecular complexity index is 278. The zero-order chi connectivity index (χ0) is 12.4. The van der Waals surface area contributed by atoms with Crippen molar-refractivity contribution in [3.05, 3.63) is 0 Å². The molecule has 3 saturated heterocycles. The first-order valence-corrected chi connectivity index (χ1v) is 8.24. The minimum atomic E-state index is 0.00373. The highest BCUT2D eigenvalue weighted by molar-refractivity contribution is 7.99. The van der Waals surface area contributed by atoms with E-state index < -0.39 is 0 Å². The number of ether oxygens (including phenoxy) is 2. The van der Waals surface area contributed by atoms with E-state index in [1.807, 2.05) is 0 Å². The number of rotatable bonds is 3. The van der Waals surface area contributed by atoms with Gasteiger partial charge in [0.25, 0.3) is 0 Å². The molecule has 1 spiro atoms. The van der Waals surface area contributed by atoms with E-state index in [1.54, 1.807) is 0 Å². The van der Waals surface area contributed by atoms with E-state index in [-0.39, 0.29) is 5.60 Å². The topological polar surface area (TPSA) is 56.5 Å². The van der Waals surface area contributed by atoms with Gasteiger partial charge in [-0.05, 0) is 42.6 Å². The number of nitrogens with two attached hydrogens (primary N) is 1. The Labute approximate surface area is 113 Å². The van der Waals surface area contributed by atoms with Gasteiger partial charge in [0.15, 0.2) is 0 Å². The van der Waals surface area contributed by atoms with Crippen molar-refractivity contribution in [3.63, 3.8) is 0 Å². The molecule has 4 nitrogen and oxygen atoms in total. The van der Waals surface area contributed by atoms with Gasteiger partial charge in [-0.1, -0.05) is 0 Å². The number of hydrazine groups is 1. The van der Waals surface area contributed by atoms with Crippen LogP contribution in [0.1, 0.15) is 25.7 Å². The summed E-state index contributed by atoms with van der Waals surface area (Å²) in [5, 5.41) is 0. The zero-order valence-electron chi connectivity index (χ0n) is 10.9.